The summed E-state index contributed by atoms with van der Waals surface area (Å²) in [5.74, 6) is 0.174. The number of hydrogen-bond acceptors (Lipinski definition) is 6. The molecule has 0 aliphatic carbocycles. The third-order valence-electron chi connectivity index (χ3n) is 3.32. The lowest BCUT2D eigenvalue weighted by Gasteiger charge is -2.31. The Labute approximate surface area is 129 Å². The van der Waals surface area contributed by atoms with Crippen LogP contribution in [0.2, 0.25) is 0 Å². The molecule has 1 fully saturated rings. The molecule has 1 saturated heterocycles. The van der Waals surface area contributed by atoms with Crippen molar-refractivity contribution in [3.05, 3.63) is 35.7 Å². The first-order chi connectivity index (χ1) is 10.9. The van der Waals surface area contributed by atoms with Crippen LogP contribution in [-0.2, 0) is 4.74 Å². The molecule has 3 rings (SSSR count). The minimum atomic E-state index is -4.72. The van der Waals surface area contributed by atoms with E-state index in [4.69, 9.17) is 9.15 Å². The van der Waals surface area contributed by atoms with E-state index in [9.17, 15) is 13.2 Å². The normalized spacial score (nSPS) is 19.0. The Balaban J connectivity index is 1.75. The van der Waals surface area contributed by atoms with Crippen LogP contribution in [-0.4, -0.2) is 36.3 Å². The monoisotopic (exact) mass is 329 g/mol. The number of nitrogens with zero attached hydrogens (tertiary/aromatic N) is 3. The maximum atomic E-state index is 12.3. The molecule has 0 radical (unpaired) electrons. The Morgan fingerprint density at radius 2 is 2.13 bits per heavy atom. The predicted molar refractivity (Wildman–Crippen MR) is 73.1 cm³/mol. The van der Waals surface area contributed by atoms with Crippen molar-refractivity contribution in [3.8, 4) is 5.75 Å². The zero-order valence-corrected chi connectivity index (χ0v) is 12.2. The van der Waals surface area contributed by atoms with Crippen LogP contribution < -0.4 is 9.64 Å². The van der Waals surface area contributed by atoms with Gasteiger partial charge in [0.15, 0.2) is 0 Å². The average molecular weight is 329 g/mol. The van der Waals surface area contributed by atoms with Crippen molar-refractivity contribution in [3.63, 3.8) is 0 Å². The molecule has 0 spiro atoms. The molecule has 9 heteroatoms. The lowest BCUT2D eigenvalue weighted by atomic mass is 10.1. The van der Waals surface area contributed by atoms with Crippen LogP contribution in [0, 0.1) is 6.92 Å². The first-order valence-corrected chi connectivity index (χ1v) is 6.93. The van der Waals surface area contributed by atoms with E-state index in [1.807, 2.05) is 4.90 Å². The number of rotatable bonds is 3. The van der Waals surface area contributed by atoms with Crippen LogP contribution >= 0.6 is 0 Å². The van der Waals surface area contributed by atoms with Crippen LogP contribution in [0.15, 0.2) is 28.7 Å². The third-order valence-corrected chi connectivity index (χ3v) is 3.32. The summed E-state index contributed by atoms with van der Waals surface area (Å²) < 4.78 is 51.9. The molecular weight excluding hydrogens is 315 g/mol. The highest BCUT2D eigenvalue weighted by Gasteiger charge is 2.32. The summed E-state index contributed by atoms with van der Waals surface area (Å²) in [4.78, 5) is 1.84. The molecular formula is C14H14F3N3O3. The summed E-state index contributed by atoms with van der Waals surface area (Å²) >= 11 is 0. The summed E-state index contributed by atoms with van der Waals surface area (Å²) in [7, 11) is 0. The van der Waals surface area contributed by atoms with Gasteiger partial charge in [0.2, 0.25) is 5.89 Å². The van der Waals surface area contributed by atoms with Crippen LogP contribution in [0.3, 0.4) is 0 Å². The van der Waals surface area contributed by atoms with Gasteiger partial charge in [0.05, 0.1) is 13.2 Å². The molecule has 1 aromatic heterocycles. The van der Waals surface area contributed by atoms with Gasteiger partial charge in [-0.2, -0.15) is 0 Å². The van der Waals surface area contributed by atoms with Crippen molar-refractivity contribution in [1.29, 1.82) is 0 Å². The third kappa shape index (κ3) is 3.92. The second-order valence-corrected chi connectivity index (χ2v) is 5.03. The summed E-state index contributed by atoms with van der Waals surface area (Å²) in [6.07, 6.45) is -5.13. The molecule has 0 amide bonds. The zero-order valence-electron chi connectivity index (χ0n) is 12.2. The molecule has 1 aromatic carbocycles. The number of ether oxygens (including phenoxy) is 2. The minimum absolute atomic E-state index is 0.274. The van der Waals surface area contributed by atoms with Gasteiger partial charge in [-0.1, -0.05) is 17.2 Å². The molecule has 1 unspecified atom stereocenters. The topological polar surface area (TPSA) is 60.6 Å². The number of anilines is 1. The Kier molecular flexibility index (Phi) is 4.12. The highest BCUT2D eigenvalue weighted by molar-refractivity contribution is 5.33. The van der Waals surface area contributed by atoms with Gasteiger partial charge in [0.25, 0.3) is 0 Å². The number of aromatic nitrogens is 2. The predicted octanol–water partition coefficient (Wildman–Crippen LogP) is 2.85. The lowest BCUT2D eigenvalue weighted by molar-refractivity contribution is -0.274. The molecule has 1 aliphatic rings. The highest BCUT2D eigenvalue weighted by atomic mass is 19.4. The fourth-order valence-electron chi connectivity index (χ4n) is 2.35. The van der Waals surface area contributed by atoms with Crippen molar-refractivity contribution in [2.24, 2.45) is 0 Å². The Hall–Kier alpha value is -2.29. The van der Waals surface area contributed by atoms with Crippen molar-refractivity contribution in [1.82, 2.24) is 10.2 Å². The van der Waals surface area contributed by atoms with E-state index >= 15 is 0 Å². The van der Waals surface area contributed by atoms with E-state index in [2.05, 4.69) is 14.9 Å². The van der Waals surface area contributed by atoms with Crippen molar-refractivity contribution in [2.75, 3.05) is 24.6 Å². The smallest absolute Gasteiger partial charge is 0.408 e. The number of aryl methyl sites for hydroxylation is 1. The summed E-state index contributed by atoms with van der Waals surface area (Å²) in [5, 5.41) is 7.71. The number of halogens is 3. The summed E-state index contributed by atoms with van der Waals surface area (Å²) in [6, 6.07) is 6.13. The maximum absolute atomic E-state index is 12.3. The molecule has 0 saturated carbocycles. The molecule has 23 heavy (non-hydrogen) atoms. The summed E-state index contributed by atoms with van der Waals surface area (Å²) in [6.45, 7) is 3.05. The molecule has 124 valence electrons. The van der Waals surface area contributed by atoms with Gasteiger partial charge in [0, 0.05) is 13.5 Å². The van der Waals surface area contributed by atoms with Crippen LogP contribution in [0.1, 0.15) is 17.6 Å². The quantitative estimate of drug-likeness (QED) is 0.863. The van der Waals surface area contributed by atoms with Crippen molar-refractivity contribution >= 4 is 6.01 Å². The highest BCUT2D eigenvalue weighted by Crippen LogP contribution is 2.29. The molecule has 2 aromatic rings. The number of benzene rings is 1. The Morgan fingerprint density at radius 1 is 1.30 bits per heavy atom. The first-order valence-electron chi connectivity index (χ1n) is 6.93. The van der Waals surface area contributed by atoms with Crippen LogP contribution in [0.5, 0.6) is 5.75 Å². The second kappa shape index (κ2) is 6.07. The van der Waals surface area contributed by atoms with Crippen LogP contribution in [0.4, 0.5) is 19.2 Å². The number of morpholine rings is 1. The number of hydrogen-bond donors (Lipinski definition) is 0. The van der Waals surface area contributed by atoms with E-state index in [-0.39, 0.29) is 5.75 Å². The van der Waals surface area contributed by atoms with Crippen LogP contribution in [0.25, 0.3) is 0 Å². The van der Waals surface area contributed by atoms with E-state index in [1.54, 1.807) is 13.0 Å². The Morgan fingerprint density at radius 3 is 2.83 bits per heavy atom. The minimum Gasteiger partial charge on any atom is -0.408 e. The van der Waals surface area contributed by atoms with Gasteiger partial charge in [0.1, 0.15) is 11.9 Å². The lowest BCUT2D eigenvalue weighted by Crippen LogP contribution is -2.38. The van der Waals surface area contributed by atoms with Crippen molar-refractivity contribution < 1.29 is 27.1 Å². The molecule has 0 bridgehead atoms. The van der Waals surface area contributed by atoms with Gasteiger partial charge in [-0.25, -0.2) is 0 Å². The van der Waals surface area contributed by atoms with Gasteiger partial charge in [-0.15, -0.1) is 18.3 Å². The molecule has 1 atom stereocenters. The molecule has 6 nitrogen and oxygen atoms in total. The van der Waals surface area contributed by atoms with Gasteiger partial charge < -0.3 is 18.8 Å². The largest absolute Gasteiger partial charge is 0.573 e. The van der Waals surface area contributed by atoms with Crippen molar-refractivity contribution in [2.45, 2.75) is 19.4 Å². The van der Waals surface area contributed by atoms with E-state index in [0.29, 0.717) is 37.2 Å². The van der Waals surface area contributed by atoms with E-state index in [0.717, 1.165) is 0 Å². The molecule has 2 heterocycles. The maximum Gasteiger partial charge on any atom is 0.573 e. The Bertz CT molecular complexity index is 675. The first kappa shape index (κ1) is 15.6. The van der Waals surface area contributed by atoms with Gasteiger partial charge in [-0.3, -0.25) is 0 Å². The van der Waals surface area contributed by atoms with Gasteiger partial charge in [-0.05, 0) is 17.7 Å². The van der Waals surface area contributed by atoms with Gasteiger partial charge >= 0.3 is 12.4 Å². The molecule has 0 N–H and O–H groups in total. The zero-order chi connectivity index (χ0) is 16.4. The second-order valence-electron chi connectivity index (χ2n) is 5.03. The summed E-state index contributed by atoms with van der Waals surface area (Å²) in [5.41, 5.74) is 0.590. The SMILES string of the molecule is Cc1nnc(N2CCOC(c3cccc(OC(F)(F)F)c3)C2)o1. The number of alkyl halides is 3. The molecule has 1 aliphatic heterocycles. The average Bonchev–Trinajstić information content (AvgIpc) is 2.93. The standard InChI is InChI=1S/C14H14F3N3O3/c1-9-18-19-13(22-9)20-5-6-21-12(8-20)10-3-2-4-11(7-10)23-14(15,16)17/h2-4,7,12H,5-6,8H2,1H3. The fourth-order valence-corrected chi connectivity index (χ4v) is 2.35. The van der Waals surface area contributed by atoms with E-state index in [1.165, 1.54) is 18.2 Å². The fraction of sp³-hybridized carbons (Fsp3) is 0.429. The van der Waals surface area contributed by atoms with E-state index < -0.39 is 12.5 Å².